The summed E-state index contributed by atoms with van der Waals surface area (Å²) in [6, 6.07) is 7.63. The van der Waals surface area contributed by atoms with E-state index >= 15 is 0 Å². The number of imidazole rings is 1. The average molecular weight is 609 g/mol. The molecule has 0 radical (unpaired) electrons. The minimum absolute atomic E-state index is 0.0815. The number of aliphatic hydroxyl groups is 1. The second-order valence-electron chi connectivity index (χ2n) is 12.2. The van der Waals surface area contributed by atoms with Gasteiger partial charge in [-0.15, -0.1) is 0 Å². The quantitative estimate of drug-likeness (QED) is 0.244. The summed E-state index contributed by atoms with van der Waals surface area (Å²) in [5.41, 5.74) is 2.00. The number of benzene rings is 1. The minimum atomic E-state index is -2.27. The Morgan fingerprint density at radius 3 is 1.90 bits per heavy atom. The van der Waals surface area contributed by atoms with E-state index in [0.717, 1.165) is 11.3 Å². The van der Waals surface area contributed by atoms with Crippen LogP contribution in [0.15, 0.2) is 36.7 Å². The van der Waals surface area contributed by atoms with Crippen molar-refractivity contribution in [3.63, 3.8) is 0 Å². The zero-order valence-corrected chi connectivity index (χ0v) is 28.2. The Morgan fingerprint density at radius 1 is 0.905 bits per heavy atom. The number of nitrogens with zero attached hydrogens (tertiary/aromatic N) is 1. The number of hydrogen-bond donors (Lipinski definition) is 2. The average Bonchev–Trinajstić information content (AvgIpc) is 3.49. The summed E-state index contributed by atoms with van der Waals surface area (Å²) in [4.78, 5) is 7.66. The summed E-state index contributed by atoms with van der Waals surface area (Å²) in [7, 11) is 2.41. The summed E-state index contributed by atoms with van der Waals surface area (Å²) in [6.07, 6.45) is -0.174. The molecule has 1 aliphatic rings. The highest BCUT2D eigenvalue weighted by Gasteiger charge is 2.60. The van der Waals surface area contributed by atoms with E-state index in [0.29, 0.717) is 22.4 Å². The third-order valence-corrected chi connectivity index (χ3v) is 15.0. The van der Waals surface area contributed by atoms with Crippen LogP contribution in [0.1, 0.15) is 72.9 Å². The fourth-order valence-corrected chi connectivity index (χ4v) is 11.8. The van der Waals surface area contributed by atoms with Crippen LogP contribution in [0.3, 0.4) is 0 Å². The highest BCUT2D eigenvalue weighted by Crippen LogP contribution is 2.45. The molecule has 3 rings (SSSR count). The van der Waals surface area contributed by atoms with E-state index in [4.69, 9.17) is 32.8 Å². The molecule has 1 fully saturated rings. The molecular formula is C31H52N2O8Si. The molecule has 1 aromatic heterocycles. The number of methoxy groups -OCH3 is 3. The van der Waals surface area contributed by atoms with E-state index in [1.165, 1.54) is 14.2 Å². The molecular weight excluding hydrogens is 556 g/mol. The molecule has 2 N–H and O–H groups in total. The Labute approximate surface area is 252 Å². The maximum absolute atomic E-state index is 11.8. The van der Waals surface area contributed by atoms with Gasteiger partial charge < -0.3 is 42.9 Å². The van der Waals surface area contributed by atoms with E-state index in [9.17, 15) is 5.11 Å². The number of aliphatic hydroxyl groups excluding tert-OH is 1. The molecule has 0 aliphatic carbocycles. The zero-order chi connectivity index (χ0) is 31.3. The molecule has 0 saturated carbocycles. The molecule has 1 saturated heterocycles. The molecule has 10 nitrogen and oxygen atoms in total. The summed E-state index contributed by atoms with van der Waals surface area (Å²) in [6.45, 7) is 17.1. The molecule has 2 aromatic rings. The topological polar surface area (TPSA) is 114 Å². The van der Waals surface area contributed by atoms with Crippen molar-refractivity contribution in [3.05, 3.63) is 48.0 Å². The number of hydrogen-bond acceptors (Lipinski definition) is 9. The van der Waals surface area contributed by atoms with E-state index in [1.54, 1.807) is 33.4 Å². The van der Waals surface area contributed by atoms with Gasteiger partial charge in [-0.3, -0.25) is 0 Å². The van der Waals surface area contributed by atoms with Crippen LogP contribution in [0.25, 0.3) is 0 Å². The lowest BCUT2D eigenvalue weighted by Gasteiger charge is -2.54. The Kier molecular flexibility index (Phi) is 11.8. The summed E-state index contributed by atoms with van der Waals surface area (Å²) >= 11 is 0. The third kappa shape index (κ3) is 6.94. The van der Waals surface area contributed by atoms with Crippen LogP contribution in [-0.4, -0.2) is 81.2 Å². The molecule has 2 heterocycles. The molecule has 0 unspecified atom stereocenters. The first-order valence-electron chi connectivity index (χ1n) is 14.8. The van der Waals surface area contributed by atoms with Gasteiger partial charge in [0.25, 0.3) is 0 Å². The van der Waals surface area contributed by atoms with Gasteiger partial charge in [0.15, 0.2) is 8.32 Å². The van der Waals surface area contributed by atoms with Gasteiger partial charge in [0.1, 0.15) is 36.0 Å². The van der Waals surface area contributed by atoms with Crippen LogP contribution in [0.4, 0.5) is 0 Å². The van der Waals surface area contributed by atoms with Crippen molar-refractivity contribution in [1.82, 2.24) is 9.97 Å². The van der Waals surface area contributed by atoms with Crippen molar-refractivity contribution in [3.8, 4) is 5.75 Å². The van der Waals surface area contributed by atoms with E-state index in [-0.39, 0.29) is 13.2 Å². The van der Waals surface area contributed by atoms with Gasteiger partial charge in [0, 0.05) is 26.6 Å². The van der Waals surface area contributed by atoms with Gasteiger partial charge in [-0.2, -0.15) is 0 Å². The molecule has 42 heavy (non-hydrogen) atoms. The fourth-order valence-electron chi connectivity index (χ4n) is 6.36. The normalized spacial score (nSPS) is 26.6. The standard InChI is InChI=1S/C31H52N2O8Si/c1-20(2)42(21(3)4,22(5)6)39-19-25(34)26-27(41-31(8,37-11)30(7,36-10)40-26)28(29-32-16-17-33-29)38-18-23-12-14-24(35-9)15-13-23/h12-17,20-22,25-28,34H,18-19H2,1-11H3,(H,32,33)/t25-,26+,27-,28-,30-,31-/m0/s1. The minimum Gasteiger partial charge on any atom is -0.497 e. The Hall–Kier alpha value is -1.83. The maximum Gasteiger partial charge on any atom is 0.220 e. The summed E-state index contributed by atoms with van der Waals surface area (Å²) < 4.78 is 43.4. The van der Waals surface area contributed by atoms with Gasteiger partial charge in [0.2, 0.25) is 11.6 Å². The second kappa shape index (κ2) is 14.3. The van der Waals surface area contributed by atoms with Crippen LogP contribution in [0, 0.1) is 0 Å². The fraction of sp³-hybridized carbons (Fsp3) is 0.710. The predicted octanol–water partition coefficient (Wildman–Crippen LogP) is 5.74. The molecule has 0 bridgehead atoms. The highest BCUT2D eigenvalue weighted by atomic mass is 28.4. The number of ether oxygens (including phenoxy) is 6. The first-order valence-corrected chi connectivity index (χ1v) is 16.9. The summed E-state index contributed by atoms with van der Waals surface area (Å²) in [5, 5.41) is 11.8. The number of aromatic amines is 1. The predicted molar refractivity (Wildman–Crippen MR) is 163 cm³/mol. The molecule has 0 amide bonds. The largest absolute Gasteiger partial charge is 0.497 e. The lowest BCUT2D eigenvalue weighted by atomic mass is 9.96. The number of nitrogens with one attached hydrogen (secondary N) is 1. The van der Waals surface area contributed by atoms with Gasteiger partial charge in [-0.05, 0) is 48.2 Å². The Morgan fingerprint density at radius 2 is 1.45 bits per heavy atom. The van der Waals surface area contributed by atoms with Crippen LogP contribution >= 0.6 is 0 Å². The van der Waals surface area contributed by atoms with E-state index in [1.807, 2.05) is 24.3 Å². The van der Waals surface area contributed by atoms with Crippen LogP contribution in [-0.2, 0) is 34.7 Å². The maximum atomic E-state index is 11.8. The zero-order valence-electron chi connectivity index (χ0n) is 27.2. The lowest BCUT2D eigenvalue weighted by Crippen LogP contribution is -2.68. The van der Waals surface area contributed by atoms with Crippen molar-refractivity contribution in [2.75, 3.05) is 27.9 Å². The van der Waals surface area contributed by atoms with Crippen molar-refractivity contribution in [1.29, 1.82) is 0 Å². The van der Waals surface area contributed by atoms with Crippen molar-refractivity contribution >= 4 is 8.32 Å². The molecule has 6 atom stereocenters. The molecule has 1 aromatic carbocycles. The number of H-pyrrole nitrogens is 1. The van der Waals surface area contributed by atoms with Gasteiger partial charge in [-0.25, -0.2) is 4.98 Å². The van der Waals surface area contributed by atoms with E-state index in [2.05, 4.69) is 51.5 Å². The van der Waals surface area contributed by atoms with Crippen molar-refractivity contribution in [2.24, 2.45) is 0 Å². The smallest absolute Gasteiger partial charge is 0.220 e. The molecule has 11 heteroatoms. The van der Waals surface area contributed by atoms with Gasteiger partial charge >= 0.3 is 0 Å². The lowest BCUT2D eigenvalue weighted by molar-refractivity contribution is -0.462. The third-order valence-electron chi connectivity index (χ3n) is 8.92. The highest BCUT2D eigenvalue weighted by molar-refractivity contribution is 6.77. The summed E-state index contributed by atoms with van der Waals surface area (Å²) in [5.74, 6) is -1.38. The van der Waals surface area contributed by atoms with Crippen LogP contribution in [0.2, 0.25) is 16.6 Å². The number of aromatic nitrogens is 2. The number of rotatable bonds is 15. The molecule has 1 aliphatic heterocycles. The van der Waals surface area contributed by atoms with Crippen molar-refractivity contribution < 1.29 is 38.0 Å². The Bertz CT molecular complexity index is 1060. The SMILES string of the molecule is COc1ccc(CO[C@H](c2ncc[nH]2)[C@H]2O[C@](C)(OC)[C@@](C)(OC)O[C@@H]2[C@@H](O)CO[Si](C(C)C)(C(C)C)C(C)C)cc1. The first kappa shape index (κ1) is 34.7. The molecule has 0 spiro atoms. The Balaban J connectivity index is 1.99. The second-order valence-corrected chi connectivity index (χ2v) is 17.7. The van der Waals surface area contributed by atoms with Crippen LogP contribution < -0.4 is 4.74 Å². The van der Waals surface area contributed by atoms with Gasteiger partial charge in [-0.1, -0.05) is 53.7 Å². The van der Waals surface area contributed by atoms with Crippen LogP contribution in [0.5, 0.6) is 5.75 Å². The monoisotopic (exact) mass is 608 g/mol. The van der Waals surface area contributed by atoms with E-state index < -0.39 is 44.3 Å². The first-order chi connectivity index (χ1) is 19.8. The molecule has 238 valence electrons. The van der Waals surface area contributed by atoms with Gasteiger partial charge in [0.05, 0.1) is 20.3 Å². The van der Waals surface area contributed by atoms with Crippen molar-refractivity contribution in [2.45, 2.75) is 115 Å².